The van der Waals surface area contributed by atoms with Crippen LogP contribution < -0.4 is 0 Å². The summed E-state index contributed by atoms with van der Waals surface area (Å²) in [4.78, 5) is 11.3. The Hall–Kier alpha value is -1.07. The van der Waals surface area contributed by atoms with E-state index in [1.165, 1.54) is 13.8 Å². The third-order valence-electron chi connectivity index (χ3n) is 1.83. The minimum Gasteiger partial charge on any atom is -0.465 e. The molecule has 16 heavy (non-hydrogen) atoms. The molecule has 0 aliphatic heterocycles. The Morgan fingerprint density at radius 1 is 1.25 bits per heavy atom. The zero-order chi connectivity index (χ0) is 12.9. The van der Waals surface area contributed by atoms with Gasteiger partial charge in [-0.05, 0) is 20.8 Å². The molecule has 94 valence electrons. The molecule has 0 spiro atoms. The molecule has 0 radical (unpaired) electrons. The smallest absolute Gasteiger partial charge is 0.315 e. The van der Waals surface area contributed by atoms with Gasteiger partial charge in [0.2, 0.25) is 0 Å². The quantitative estimate of drug-likeness (QED) is 0.421. The number of esters is 1. The van der Waals surface area contributed by atoms with Crippen molar-refractivity contribution < 1.29 is 27.1 Å². The maximum atomic E-state index is 12.2. The lowest BCUT2D eigenvalue weighted by Gasteiger charge is -2.19. The van der Waals surface area contributed by atoms with Crippen LogP contribution in [0.1, 0.15) is 20.8 Å². The third-order valence-corrected chi connectivity index (χ3v) is 1.83. The Bertz CT molecular complexity index is 262. The topological polar surface area (TPSA) is 26.3 Å². The lowest BCUT2D eigenvalue weighted by Crippen LogP contribution is -2.26. The van der Waals surface area contributed by atoms with E-state index in [0.29, 0.717) is 6.08 Å². The summed E-state index contributed by atoms with van der Waals surface area (Å²) in [7, 11) is 0. The molecule has 0 aromatic rings. The van der Waals surface area contributed by atoms with Crippen molar-refractivity contribution in [2.24, 2.45) is 5.41 Å². The van der Waals surface area contributed by atoms with Crippen LogP contribution in [-0.4, -0.2) is 25.4 Å². The predicted octanol–water partition coefficient (Wildman–Crippen LogP) is 3.03. The summed E-state index contributed by atoms with van der Waals surface area (Å²) in [6, 6.07) is 0. The van der Waals surface area contributed by atoms with E-state index in [9.17, 15) is 22.4 Å². The van der Waals surface area contributed by atoms with Crippen LogP contribution in [0, 0.1) is 5.41 Å². The summed E-state index contributed by atoms with van der Waals surface area (Å²) in [5, 5.41) is 0. The number of hydrogen-bond donors (Lipinski definition) is 0. The van der Waals surface area contributed by atoms with Crippen molar-refractivity contribution in [3.8, 4) is 0 Å². The molecule has 2 nitrogen and oxygen atoms in total. The zero-order valence-corrected chi connectivity index (χ0v) is 9.27. The highest BCUT2D eigenvalue weighted by molar-refractivity contribution is 5.78. The summed E-state index contributed by atoms with van der Waals surface area (Å²) in [5.74, 6) is -0.811. The molecular formula is C10H14F4O2. The Balaban J connectivity index is 5.00. The lowest BCUT2D eigenvalue weighted by atomic mass is 9.91. The number of halogens is 4. The normalized spacial score (nSPS) is 11.8. The van der Waals surface area contributed by atoms with Gasteiger partial charge in [-0.1, -0.05) is 6.08 Å². The van der Waals surface area contributed by atoms with Crippen LogP contribution in [0.3, 0.4) is 0 Å². The van der Waals surface area contributed by atoms with E-state index in [2.05, 4.69) is 4.74 Å². The lowest BCUT2D eigenvalue weighted by molar-refractivity contribution is -0.150. The number of hydrogen-bond acceptors (Lipinski definition) is 2. The summed E-state index contributed by atoms with van der Waals surface area (Å²) in [5.41, 5.74) is -2.84. The van der Waals surface area contributed by atoms with Gasteiger partial charge in [-0.25, -0.2) is 17.6 Å². The Labute approximate surface area is 91.3 Å². The van der Waals surface area contributed by atoms with Crippen LogP contribution in [0.15, 0.2) is 11.6 Å². The van der Waals surface area contributed by atoms with Crippen LogP contribution in [0.25, 0.3) is 0 Å². The summed E-state index contributed by atoms with van der Waals surface area (Å²) >= 11 is 0. The first-order chi connectivity index (χ1) is 7.22. The number of ether oxygens (including phenoxy) is 1. The van der Waals surface area contributed by atoms with Crippen LogP contribution in [-0.2, 0) is 9.53 Å². The molecule has 0 atom stereocenters. The fraction of sp³-hybridized carbons (Fsp3) is 0.700. The average molecular weight is 242 g/mol. The Morgan fingerprint density at radius 2 is 1.69 bits per heavy atom. The summed E-state index contributed by atoms with van der Waals surface area (Å²) in [6.45, 7) is 4.10. The van der Waals surface area contributed by atoms with E-state index in [1.54, 1.807) is 6.92 Å². The van der Waals surface area contributed by atoms with Crippen molar-refractivity contribution in [1.82, 2.24) is 0 Å². The van der Waals surface area contributed by atoms with Crippen molar-refractivity contribution >= 4 is 5.97 Å². The molecule has 0 bridgehead atoms. The number of carbonyl (C=O) groups is 1. The second kappa shape index (κ2) is 5.86. The summed E-state index contributed by atoms with van der Waals surface area (Å²) in [6.07, 6.45) is -6.00. The second-order valence-corrected chi connectivity index (χ2v) is 3.69. The number of carbonyl (C=O) groups excluding carboxylic acids is 1. The molecule has 0 N–H and O–H groups in total. The highest BCUT2D eigenvalue weighted by atomic mass is 19.3. The zero-order valence-electron chi connectivity index (χ0n) is 9.27. The molecule has 0 amide bonds. The molecule has 6 heteroatoms. The Kier molecular flexibility index (Phi) is 5.47. The monoisotopic (exact) mass is 242 g/mol. The highest BCUT2D eigenvalue weighted by Gasteiger charge is 2.31. The fourth-order valence-corrected chi connectivity index (χ4v) is 1.01. The first kappa shape index (κ1) is 14.9. The molecule has 0 aliphatic carbocycles. The molecular weight excluding hydrogens is 228 g/mol. The maximum absolute atomic E-state index is 12.2. The minimum absolute atomic E-state index is 0.0643. The fourth-order valence-electron chi connectivity index (χ4n) is 1.01. The van der Waals surface area contributed by atoms with Crippen LogP contribution in [0.2, 0.25) is 0 Å². The predicted molar refractivity (Wildman–Crippen MR) is 50.5 cm³/mol. The van der Waals surface area contributed by atoms with Gasteiger partial charge in [-0.15, -0.1) is 0 Å². The van der Waals surface area contributed by atoms with E-state index < -0.39 is 29.8 Å². The van der Waals surface area contributed by atoms with Gasteiger partial charge in [-0.2, -0.15) is 0 Å². The van der Waals surface area contributed by atoms with Gasteiger partial charge in [0.15, 0.2) is 0 Å². The standard InChI is InChI=1S/C10H14F4O2/c1-4-16-9(15)10(2,3)5-6(7(11)12)8(13)14/h5,7-8H,4H2,1-3H3. The van der Waals surface area contributed by atoms with Crippen LogP contribution in [0.4, 0.5) is 17.6 Å². The number of allylic oxidation sites excluding steroid dienone is 1. The van der Waals surface area contributed by atoms with Gasteiger partial charge in [0.25, 0.3) is 12.9 Å². The van der Waals surface area contributed by atoms with E-state index in [0.717, 1.165) is 0 Å². The second-order valence-electron chi connectivity index (χ2n) is 3.69. The number of alkyl halides is 4. The van der Waals surface area contributed by atoms with Crippen LogP contribution in [0.5, 0.6) is 0 Å². The molecule has 0 aromatic heterocycles. The van der Waals surface area contributed by atoms with Gasteiger partial charge < -0.3 is 4.74 Å². The van der Waals surface area contributed by atoms with Gasteiger partial charge in [0.05, 0.1) is 17.6 Å². The van der Waals surface area contributed by atoms with E-state index in [1.807, 2.05) is 0 Å². The molecule has 0 rings (SSSR count). The van der Waals surface area contributed by atoms with Gasteiger partial charge >= 0.3 is 5.97 Å². The molecule has 0 unspecified atom stereocenters. The van der Waals surface area contributed by atoms with E-state index >= 15 is 0 Å². The van der Waals surface area contributed by atoms with Crippen molar-refractivity contribution in [3.63, 3.8) is 0 Å². The molecule has 0 aromatic carbocycles. The van der Waals surface area contributed by atoms with Gasteiger partial charge in [0.1, 0.15) is 0 Å². The molecule has 0 saturated heterocycles. The summed E-state index contributed by atoms with van der Waals surface area (Å²) < 4.78 is 53.5. The SMILES string of the molecule is CCOC(=O)C(C)(C)C=C(C(F)F)C(F)F. The van der Waals surface area contributed by atoms with Crippen LogP contribution >= 0.6 is 0 Å². The molecule has 0 saturated carbocycles. The Morgan fingerprint density at radius 3 is 2.00 bits per heavy atom. The van der Waals surface area contributed by atoms with Gasteiger partial charge in [0, 0.05) is 0 Å². The van der Waals surface area contributed by atoms with Crippen molar-refractivity contribution in [2.75, 3.05) is 6.61 Å². The van der Waals surface area contributed by atoms with E-state index in [4.69, 9.17) is 0 Å². The van der Waals surface area contributed by atoms with Gasteiger partial charge in [-0.3, -0.25) is 4.79 Å². The first-order valence-electron chi connectivity index (χ1n) is 4.68. The molecule has 0 aliphatic rings. The minimum atomic E-state index is -3.28. The van der Waals surface area contributed by atoms with Crippen molar-refractivity contribution in [3.05, 3.63) is 11.6 Å². The largest absolute Gasteiger partial charge is 0.465 e. The van der Waals surface area contributed by atoms with Crippen molar-refractivity contribution in [1.29, 1.82) is 0 Å². The first-order valence-corrected chi connectivity index (χ1v) is 4.68. The number of rotatable bonds is 5. The van der Waals surface area contributed by atoms with E-state index in [-0.39, 0.29) is 6.61 Å². The molecule has 0 fully saturated rings. The average Bonchev–Trinajstić information content (AvgIpc) is 2.13. The highest BCUT2D eigenvalue weighted by Crippen LogP contribution is 2.27. The molecule has 0 heterocycles. The third kappa shape index (κ3) is 4.20. The maximum Gasteiger partial charge on any atom is 0.315 e. The van der Waals surface area contributed by atoms with Crippen molar-refractivity contribution in [2.45, 2.75) is 33.6 Å².